The zero-order valence-corrected chi connectivity index (χ0v) is 7.60. The summed E-state index contributed by atoms with van der Waals surface area (Å²) in [6.07, 6.45) is 5.92. The first kappa shape index (κ1) is 7.56. The fourth-order valence-electron chi connectivity index (χ4n) is 1.72. The van der Waals surface area contributed by atoms with E-state index in [0.29, 0.717) is 0 Å². The van der Waals surface area contributed by atoms with Crippen molar-refractivity contribution >= 4 is 23.3 Å². The Kier molecular flexibility index (Phi) is 1.53. The molecule has 2 nitrogen and oxygen atoms in total. The summed E-state index contributed by atoms with van der Waals surface area (Å²) in [6, 6.07) is 8.05. The van der Waals surface area contributed by atoms with E-state index >= 15 is 0 Å². The first-order valence-corrected chi connectivity index (χ1v) is 4.63. The Labute approximate surface area is 81.6 Å². The zero-order chi connectivity index (χ0) is 9.38. The number of rotatable bonds is 0. The number of nitrogens with zero attached hydrogens (tertiary/aromatic N) is 1. The van der Waals surface area contributed by atoms with Crippen LogP contribution in [-0.2, 0) is 0 Å². The van der Waals surface area contributed by atoms with Crippen molar-refractivity contribution in [2.75, 3.05) is 6.54 Å². The number of benzene rings is 1. The zero-order valence-electron chi connectivity index (χ0n) is 7.60. The maximum Gasteiger partial charge on any atom is 0.153 e. The van der Waals surface area contributed by atoms with Crippen molar-refractivity contribution in [3.63, 3.8) is 0 Å². The van der Waals surface area contributed by atoms with Crippen LogP contribution in [0.3, 0.4) is 0 Å². The second-order valence-electron chi connectivity index (χ2n) is 3.27. The molecule has 1 aromatic carbocycles. The van der Waals surface area contributed by atoms with Gasteiger partial charge in [0.15, 0.2) is 5.76 Å². The molecular weight excluding hydrogens is 174 g/mol. The normalized spacial score (nSPS) is 14.3. The van der Waals surface area contributed by atoms with Crippen LogP contribution in [0.1, 0.15) is 11.3 Å². The minimum atomic E-state index is 0.735. The Balaban J connectivity index is 2.41. The van der Waals surface area contributed by atoms with Gasteiger partial charge in [-0.2, -0.15) is 0 Å². The van der Waals surface area contributed by atoms with Crippen LogP contribution in [0.5, 0.6) is 0 Å². The predicted molar refractivity (Wildman–Crippen MR) is 57.7 cm³/mol. The van der Waals surface area contributed by atoms with Gasteiger partial charge < -0.3 is 4.42 Å². The van der Waals surface area contributed by atoms with Crippen molar-refractivity contribution in [2.45, 2.75) is 0 Å². The fraction of sp³-hybridized carbons (Fsp3) is 0.0833. The molecule has 3 rings (SSSR count). The second-order valence-corrected chi connectivity index (χ2v) is 3.27. The molecule has 0 unspecified atom stereocenters. The van der Waals surface area contributed by atoms with E-state index in [0.717, 1.165) is 28.8 Å². The van der Waals surface area contributed by atoms with Crippen LogP contribution in [0.4, 0.5) is 0 Å². The molecule has 2 aromatic rings. The first-order chi connectivity index (χ1) is 6.95. The third kappa shape index (κ3) is 1.01. The summed E-state index contributed by atoms with van der Waals surface area (Å²) < 4.78 is 5.67. The van der Waals surface area contributed by atoms with Crippen molar-refractivity contribution in [3.05, 3.63) is 41.7 Å². The highest BCUT2D eigenvalue weighted by atomic mass is 16.3. The molecule has 0 N–H and O–H groups in total. The van der Waals surface area contributed by atoms with E-state index in [2.05, 4.69) is 17.1 Å². The maximum absolute atomic E-state index is 5.67. The molecule has 0 fully saturated rings. The van der Waals surface area contributed by atoms with E-state index in [1.807, 2.05) is 24.3 Å². The summed E-state index contributed by atoms with van der Waals surface area (Å²) in [4.78, 5) is 4.20. The summed E-state index contributed by atoms with van der Waals surface area (Å²) in [5, 5.41) is 1.16. The molecule has 1 aliphatic rings. The molecule has 1 aromatic heterocycles. The van der Waals surface area contributed by atoms with Crippen LogP contribution in [0.2, 0.25) is 0 Å². The second kappa shape index (κ2) is 2.84. The summed E-state index contributed by atoms with van der Waals surface area (Å²) in [5.41, 5.74) is 2.07. The van der Waals surface area contributed by atoms with E-state index in [4.69, 9.17) is 4.42 Å². The van der Waals surface area contributed by atoms with Crippen LogP contribution in [0.25, 0.3) is 17.0 Å². The Hall–Kier alpha value is -1.83. The van der Waals surface area contributed by atoms with Gasteiger partial charge in [0.2, 0.25) is 0 Å². The van der Waals surface area contributed by atoms with E-state index in [-0.39, 0.29) is 0 Å². The first-order valence-electron chi connectivity index (χ1n) is 4.63. The number of furan rings is 1. The Morgan fingerprint density at radius 2 is 2.14 bits per heavy atom. The monoisotopic (exact) mass is 183 g/mol. The minimum Gasteiger partial charge on any atom is -0.454 e. The Morgan fingerprint density at radius 3 is 3.14 bits per heavy atom. The number of aliphatic imine (C=N–C) groups is 1. The number of hydrogen-bond donors (Lipinski definition) is 0. The van der Waals surface area contributed by atoms with Crippen LogP contribution in [-0.4, -0.2) is 12.8 Å². The maximum atomic E-state index is 5.67. The van der Waals surface area contributed by atoms with E-state index in [1.54, 1.807) is 6.21 Å². The lowest BCUT2D eigenvalue weighted by Gasteiger charge is -1.87. The van der Waals surface area contributed by atoms with Gasteiger partial charge in [0.05, 0.1) is 12.8 Å². The summed E-state index contributed by atoms with van der Waals surface area (Å²) >= 11 is 0. The number of fused-ring (bicyclic) bond motifs is 3. The van der Waals surface area contributed by atoms with E-state index < -0.39 is 0 Å². The lowest BCUT2D eigenvalue weighted by atomic mass is 10.1. The quantitative estimate of drug-likeness (QED) is 0.616. The minimum absolute atomic E-state index is 0.735. The van der Waals surface area contributed by atoms with Gasteiger partial charge in [-0.25, -0.2) is 0 Å². The molecule has 0 radical (unpaired) electrons. The molecule has 1 aliphatic heterocycles. The average molecular weight is 183 g/mol. The highest BCUT2D eigenvalue weighted by Crippen LogP contribution is 2.26. The molecule has 0 atom stereocenters. The highest BCUT2D eigenvalue weighted by molar-refractivity contribution is 5.97. The van der Waals surface area contributed by atoms with Gasteiger partial charge >= 0.3 is 0 Å². The summed E-state index contributed by atoms with van der Waals surface area (Å²) in [7, 11) is 0. The standard InChI is InChI=1S/C12H9NO/c1-2-6-11-9(4-1)10-5-3-7-13-8-12(10)14-11/h1-6,8H,7H2. The van der Waals surface area contributed by atoms with Gasteiger partial charge in [0.1, 0.15) is 5.58 Å². The van der Waals surface area contributed by atoms with Gasteiger partial charge in [0, 0.05) is 10.9 Å². The predicted octanol–water partition coefficient (Wildman–Crippen LogP) is 2.88. The number of para-hydroxylation sites is 1. The van der Waals surface area contributed by atoms with Crippen molar-refractivity contribution in [3.8, 4) is 0 Å². The van der Waals surface area contributed by atoms with Crippen molar-refractivity contribution < 1.29 is 4.42 Å². The van der Waals surface area contributed by atoms with Crippen LogP contribution in [0.15, 0.2) is 39.8 Å². The van der Waals surface area contributed by atoms with Crippen LogP contribution < -0.4 is 0 Å². The van der Waals surface area contributed by atoms with Crippen LogP contribution >= 0.6 is 0 Å². The van der Waals surface area contributed by atoms with Crippen molar-refractivity contribution in [1.29, 1.82) is 0 Å². The van der Waals surface area contributed by atoms with Crippen molar-refractivity contribution in [2.24, 2.45) is 4.99 Å². The van der Waals surface area contributed by atoms with E-state index in [1.165, 1.54) is 0 Å². The van der Waals surface area contributed by atoms with Crippen molar-refractivity contribution in [1.82, 2.24) is 0 Å². The molecule has 0 aliphatic carbocycles. The topological polar surface area (TPSA) is 25.5 Å². The van der Waals surface area contributed by atoms with E-state index in [9.17, 15) is 0 Å². The molecule has 14 heavy (non-hydrogen) atoms. The third-order valence-corrected chi connectivity index (χ3v) is 2.37. The third-order valence-electron chi connectivity index (χ3n) is 2.37. The SMILES string of the molecule is C1=Cc2c(oc3ccccc23)C=NC1. The molecule has 68 valence electrons. The molecule has 0 saturated heterocycles. The molecule has 0 amide bonds. The molecule has 0 saturated carbocycles. The molecule has 0 spiro atoms. The van der Waals surface area contributed by atoms with Gasteiger partial charge in [-0.1, -0.05) is 30.4 Å². The molecule has 2 heteroatoms. The lowest BCUT2D eigenvalue weighted by Crippen LogP contribution is -1.77. The van der Waals surface area contributed by atoms with Gasteiger partial charge in [0.25, 0.3) is 0 Å². The molecular formula is C12H9NO. The summed E-state index contributed by atoms with van der Waals surface area (Å²) in [6.45, 7) is 0.735. The van der Waals surface area contributed by atoms with Gasteiger partial charge in [-0.3, -0.25) is 4.99 Å². The molecule has 2 heterocycles. The van der Waals surface area contributed by atoms with Gasteiger partial charge in [-0.05, 0) is 6.07 Å². The smallest absolute Gasteiger partial charge is 0.153 e. The average Bonchev–Trinajstić information content (AvgIpc) is 2.42. The largest absolute Gasteiger partial charge is 0.454 e. The summed E-state index contributed by atoms with van der Waals surface area (Å²) in [5.74, 6) is 0.861. The number of hydrogen-bond acceptors (Lipinski definition) is 2. The fourth-order valence-corrected chi connectivity index (χ4v) is 1.72. The van der Waals surface area contributed by atoms with Gasteiger partial charge in [-0.15, -0.1) is 0 Å². The lowest BCUT2D eigenvalue weighted by molar-refractivity contribution is 0.607. The molecule has 0 bridgehead atoms. The Morgan fingerprint density at radius 1 is 1.21 bits per heavy atom. The van der Waals surface area contributed by atoms with Crippen LogP contribution in [0, 0.1) is 0 Å². The Bertz CT molecular complexity index is 534. The highest BCUT2D eigenvalue weighted by Gasteiger charge is 2.10.